The molecule has 0 saturated carbocycles. The summed E-state index contributed by atoms with van der Waals surface area (Å²) in [6, 6.07) is 2.85. The lowest BCUT2D eigenvalue weighted by Crippen LogP contribution is -2.08. The van der Waals surface area contributed by atoms with Gasteiger partial charge in [-0.3, -0.25) is 0 Å². The Bertz CT molecular complexity index is 384. The molecule has 0 atom stereocenters. The lowest BCUT2D eigenvalue weighted by molar-refractivity contribution is -0.133. The van der Waals surface area contributed by atoms with Crippen molar-refractivity contribution in [3.05, 3.63) is 23.9 Å². The average molecular weight is 209 g/mol. The van der Waals surface area contributed by atoms with Crippen molar-refractivity contribution >= 4 is 11.9 Å². The summed E-state index contributed by atoms with van der Waals surface area (Å²) in [7, 11) is 0. The van der Waals surface area contributed by atoms with Crippen molar-refractivity contribution in [3.8, 4) is 12.1 Å². The van der Waals surface area contributed by atoms with E-state index in [1.54, 1.807) is 0 Å². The van der Waals surface area contributed by atoms with Gasteiger partial charge in [-0.05, 0) is 0 Å². The molecule has 0 aromatic heterocycles. The summed E-state index contributed by atoms with van der Waals surface area (Å²) in [4.78, 5) is 19.4. The molecule has 0 aromatic rings. The Kier molecular flexibility index (Phi) is 7.68. The minimum absolute atomic E-state index is 0.431. The van der Waals surface area contributed by atoms with Crippen molar-refractivity contribution < 1.29 is 19.8 Å². The third kappa shape index (κ3) is 9.11. The number of aliphatic carboxylic acids is 2. The smallest absolute Gasteiger partial charge is 0.352 e. The highest BCUT2D eigenvalue weighted by atomic mass is 16.4. The van der Waals surface area contributed by atoms with E-state index in [0.717, 1.165) is 6.08 Å². The van der Waals surface area contributed by atoms with Crippen molar-refractivity contribution in [2.45, 2.75) is 0 Å². The van der Waals surface area contributed by atoms with Crippen LogP contribution < -0.4 is 5.73 Å². The molecule has 0 heterocycles. The number of nitrogens with zero attached hydrogens (tertiary/aromatic N) is 2. The van der Waals surface area contributed by atoms with Gasteiger partial charge in [0.1, 0.15) is 17.3 Å². The van der Waals surface area contributed by atoms with Gasteiger partial charge in [-0.2, -0.15) is 10.5 Å². The molecule has 7 heteroatoms. The fraction of sp³-hybridized carbons (Fsp3) is 0. The molecule has 15 heavy (non-hydrogen) atoms. The van der Waals surface area contributed by atoms with Crippen LogP contribution in [0.3, 0.4) is 0 Å². The predicted molar refractivity (Wildman–Crippen MR) is 47.9 cm³/mol. The molecule has 0 aliphatic rings. The fourth-order valence-corrected chi connectivity index (χ4v) is 0.179. The molecule has 78 valence electrons. The van der Waals surface area contributed by atoms with Gasteiger partial charge >= 0.3 is 11.9 Å². The van der Waals surface area contributed by atoms with Gasteiger partial charge in [0.2, 0.25) is 0 Å². The second-order valence-electron chi connectivity index (χ2n) is 1.93. The normalized spacial score (nSPS) is 8.53. The first-order valence-electron chi connectivity index (χ1n) is 3.27. The molecule has 0 bridgehead atoms. The van der Waals surface area contributed by atoms with Crippen LogP contribution in [-0.2, 0) is 9.59 Å². The number of rotatable bonds is 2. The maximum Gasteiger partial charge on any atom is 0.352 e. The third-order valence-electron chi connectivity index (χ3n) is 0.860. The molecule has 0 unspecified atom stereocenters. The Labute approximate surface area is 85.0 Å². The zero-order valence-electron chi connectivity index (χ0n) is 7.47. The van der Waals surface area contributed by atoms with Crippen LogP contribution in [0, 0.1) is 22.7 Å². The van der Waals surface area contributed by atoms with E-state index in [1.807, 2.05) is 0 Å². The molecule has 0 aliphatic carbocycles. The van der Waals surface area contributed by atoms with Crippen molar-refractivity contribution in [3.63, 3.8) is 0 Å². The van der Waals surface area contributed by atoms with Gasteiger partial charge in [-0.15, -0.1) is 0 Å². The average Bonchev–Trinajstić information content (AvgIpc) is 2.17. The number of nitrogens with two attached hydrogens (primary N) is 1. The molecular formula is C8H7N3O4. The van der Waals surface area contributed by atoms with Crippen molar-refractivity contribution in [1.82, 2.24) is 0 Å². The molecule has 0 rings (SSSR count). The first kappa shape index (κ1) is 14.7. The SMILES string of the molecule is C=C(C#N)C(=O)O.N#C/C=C(\N)C(=O)O. The molecule has 0 radical (unpaired) electrons. The Hall–Kier alpha value is -2.80. The minimum atomic E-state index is -1.27. The van der Waals surface area contributed by atoms with Gasteiger partial charge in [-0.1, -0.05) is 6.58 Å². The Morgan fingerprint density at radius 3 is 1.80 bits per heavy atom. The quantitative estimate of drug-likeness (QED) is 0.413. The summed E-state index contributed by atoms with van der Waals surface area (Å²) in [5, 5.41) is 31.4. The Balaban J connectivity index is 0. The maximum atomic E-state index is 9.74. The van der Waals surface area contributed by atoms with Crippen molar-refractivity contribution in [1.29, 1.82) is 10.5 Å². The van der Waals surface area contributed by atoms with Gasteiger partial charge in [-0.25, -0.2) is 9.59 Å². The van der Waals surface area contributed by atoms with E-state index in [4.69, 9.17) is 26.5 Å². The number of hydrogen-bond donors (Lipinski definition) is 3. The van der Waals surface area contributed by atoms with Gasteiger partial charge in [0.05, 0.1) is 6.07 Å². The Morgan fingerprint density at radius 1 is 1.27 bits per heavy atom. The monoisotopic (exact) mass is 209 g/mol. The zero-order chi connectivity index (χ0) is 12.4. The van der Waals surface area contributed by atoms with Crippen LogP contribution in [0.15, 0.2) is 23.9 Å². The second-order valence-corrected chi connectivity index (χ2v) is 1.93. The molecular weight excluding hydrogens is 202 g/mol. The summed E-state index contributed by atoms with van der Waals surface area (Å²) in [5.74, 6) is -2.53. The zero-order valence-corrected chi connectivity index (χ0v) is 7.47. The molecule has 0 aliphatic heterocycles. The summed E-state index contributed by atoms with van der Waals surface area (Å²) in [5.41, 5.74) is 3.90. The van der Waals surface area contributed by atoms with Crippen molar-refractivity contribution in [2.24, 2.45) is 5.73 Å². The van der Waals surface area contributed by atoms with Crippen LogP contribution in [0.1, 0.15) is 0 Å². The number of hydrogen-bond acceptors (Lipinski definition) is 5. The highest BCUT2D eigenvalue weighted by Crippen LogP contribution is 1.81. The van der Waals surface area contributed by atoms with Crippen LogP contribution in [0.5, 0.6) is 0 Å². The fourth-order valence-electron chi connectivity index (χ4n) is 0.179. The van der Waals surface area contributed by atoms with E-state index in [9.17, 15) is 9.59 Å². The standard InChI is InChI=1S/C4H4N2O2.C4H3NO2/c5-2-1-3(6)4(7)8;1-3(2-5)4(6)7/h1H,6H2,(H,7,8);1H2,(H,6,7)/b3-1-;. The summed E-state index contributed by atoms with van der Waals surface area (Å²) in [6.07, 6.45) is 0.766. The van der Waals surface area contributed by atoms with E-state index < -0.39 is 23.2 Å². The van der Waals surface area contributed by atoms with E-state index >= 15 is 0 Å². The predicted octanol–water partition coefficient (Wildman–Crippen LogP) is -0.412. The van der Waals surface area contributed by atoms with E-state index in [2.05, 4.69) is 6.58 Å². The lowest BCUT2D eigenvalue weighted by atomic mass is 10.4. The van der Waals surface area contributed by atoms with Crippen molar-refractivity contribution in [2.75, 3.05) is 0 Å². The summed E-state index contributed by atoms with van der Waals surface area (Å²) in [6.45, 7) is 2.91. The maximum absolute atomic E-state index is 9.74. The van der Waals surface area contributed by atoms with Gasteiger partial charge < -0.3 is 15.9 Å². The molecule has 0 spiro atoms. The van der Waals surface area contributed by atoms with Crippen LogP contribution in [0.25, 0.3) is 0 Å². The Morgan fingerprint density at radius 2 is 1.73 bits per heavy atom. The highest BCUT2D eigenvalue weighted by Gasteiger charge is 1.97. The molecule has 7 nitrogen and oxygen atoms in total. The van der Waals surface area contributed by atoms with Crippen LogP contribution >= 0.6 is 0 Å². The highest BCUT2D eigenvalue weighted by molar-refractivity contribution is 5.90. The van der Waals surface area contributed by atoms with Gasteiger partial charge in [0.25, 0.3) is 0 Å². The molecule has 0 amide bonds. The van der Waals surface area contributed by atoms with E-state index in [0.29, 0.717) is 0 Å². The number of nitriles is 2. The topological polar surface area (TPSA) is 148 Å². The first-order valence-corrected chi connectivity index (χ1v) is 3.27. The molecule has 4 N–H and O–H groups in total. The van der Waals surface area contributed by atoms with E-state index in [-0.39, 0.29) is 0 Å². The largest absolute Gasteiger partial charge is 0.477 e. The molecule has 0 saturated heterocycles. The number of carboxylic acid groups (broad SMARTS) is 2. The summed E-state index contributed by atoms with van der Waals surface area (Å²) < 4.78 is 0. The third-order valence-corrected chi connectivity index (χ3v) is 0.860. The number of allylic oxidation sites excluding steroid dienone is 1. The molecule has 0 aromatic carbocycles. The van der Waals surface area contributed by atoms with Gasteiger partial charge in [0.15, 0.2) is 0 Å². The first-order chi connectivity index (χ1) is 6.86. The number of carboxylic acids is 2. The van der Waals surface area contributed by atoms with E-state index in [1.165, 1.54) is 12.1 Å². The summed E-state index contributed by atoms with van der Waals surface area (Å²) >= 11 is 0. The van der Waals surface area contributed by atoms with Crippen LogP contribution in [-0.4, -0.2) is 22.2 Å². The lowest BCUT2D eigenvalue weighted by Gasteiger charge is -1.83. The second kappa shape index (κ2) is 7.83. The molecule has 0 fully saturated rings. The number of carbonyl (C=O) groups is 2. The van der Waals surface area contributed by atoms with Crippen LogP contribution in [0.2, 0.25) is 0 Å². The van der Waals surface area contributed by atoms with Crippen LogP contribution in [0.4, 0.5) is 0 Å². The minimum Gasteiger partial charge on any atom is -0.477 e. The van der Waals surface area contributed by atoms with Gasteiger partial charge in [0, 0.05) is 6.08 Å².